The van der Waals surface area contributed by atoms with Gasteiger partial charge in [0.1, 0.15) is 5.82 Å². The lowest BCUT2D eigenvalue weighted by Crippen LogP contribution is -2.43. The number of hydrogen-bond donors (Lipinski definition) is 2. The summed E-state index contributed by atoms with van der Waals surface area (Å²) in [4.78, 5) is 39.8. The molecule has 1 aliphatic carbocycles. The molecule has 0 spiro atoms. The Morgan fingerprint density at radius 2 is 1.65 bits per heavy atom. The van der Waals surface area contributed by atoms with E-state index >= 15 is 0 Å². The van der Waals surface area contributed by atoms with E-state index in [0.717, 1.165) is 6.54 Å². The zero-order chi connectivity index (χ0) is 23.9. The molecule has 3 amide bonds. The molecule has 0 unspecified atom stereocenters. The Labute approximate surface area is 199 Å². The summed E-state index contributed by atoms with van der Waals surface area (Å²) in [6.45, 7) is 1.81. The van der Waals surface area contributed by atoms with E-state index in [1.807, 2.05) is 0 Å². The van der Waals surface area contributed by atoms with Gasteiger partial charge in [-0.2, -0.15) is 0 Å². The lowest BCUT2D eigenvalue weighted by Gasteiger charge is -2.32. The third kappa shape index (κ3) is 6.01. The maximum atomic E-state index is 13.9. The van der Waals surface area contributed by atoms with E-state index in [2.05, 4.69) is 10.6 Å². The summed E-state index contributed by atoms with van der Waals surface area (Å²) in [6.07, 6.45) is 7.51. The van der Waals surface area contributed by atoms with Crippen molar-refractivity contribution in [2.45, 2.75) is 44.9 Å². The molecule has 34 heavy (non-hydrogen) atoms. The van der Waals surface area contributed by atoms with Crippen molar-refractivity contribution in [2.24, 2.45) is 11.8 Å². The monoisotopic (exact) mass is 465 g/mol. The highest BCUT2D eigenvalue weighted by Gasteiger charge is 2.28. The number of likely N-dealkylation sites (tertiary alicyclic amines) is 1. The Morgan fingerprint density at radius 3 is 2.38 bits per heavy atom. The van der Waals surface area contributed by atoms with Gasteiger partial charge in [-0.1, -0.05) is 37.5 Å². The van der Waals surface area contributed by atoms with E-state index in [1.54, 1.807) is 35.2 Å². The van der Waals surface area contributed by atoms with Crippen molar-refractivity contribution in [2.75, 3.05) is 25.0 Å². The fourth-order valence-electron chi connectivity index (χ4n) is 4.88. The molecule has 2 aliphatic rings. The van der Waals surface area contributed by atoms with E-state index in [-0.39, 0.29) is 23.3 Å². The van der Waals surface area contributed by atoms with Crippen molar-refractivity contribution in [3.8, 4) is 0 Å². The van der Waals surface area contributed by atoms with Crippen LogP contribution in [-0.2, 0) is 4.79 Å². The Morgan fingerprint density at radius 1 is 0.912 bits per heavy atom. The second kappa shape index (κ2) is 11.3. The first-order valence-electron chi connectivity index (χ1n) is 12.2. The molecule has 1 saturated heterocycles. The molecule has 0 aromatic heterocycles. The molecule has 0 bridgehead atoms. The molecule has 4 rings (SSSR count). The summed E-state index contributed by atoms with van der Waals surface area (Å²) >= 11 is 0. The smallest absolute Gasteiger partial charge is 0.258 e. The van der Waals surface area contributed by atoms with Crippen LogP contribution in [0.5, 0.6) is 0 Å². The van der Waals surface area contributed by atoms with Crippen LogP contribution in [0.1, 0.15) is 65.7 Å². The highest BCUT2D eigenvalue weighted by molar-refractivity contribution is 6.05. The molecule has 2 aromatic rings. The number of piperidine rings is 1. The van der Waals surface area contributed by atoms with Gasteiger partial charge in [-0.05, 0) is 61.9 Å². The number of benzene rings is 2. The van der Waals surface area contributed by atoms with Crippen molar-refractivity contribution in [1.29, 1.82) is 0 Å². The molecule has 1 saturated carbocycles. The quantitative estimate of drug-likeness (QED) is 0.653. The summed E-state index contributed by atoms with van der Waals surface area (Å²) in [5.41, 5.74) is 0.825. The molecule has 6 nitrogen and oxygen atoms in total. The summed E-state index contributed by atoms with van der Waals surface area (Å²) < 4.78 is 13.9. The molecular weight excluding hydrogens is 433 g/mol. The lowest BCUT2D eigenvalue weighted by molar-refractivity contribution is -0.126. The van der Waals surface area contributed by atoms with Gasteiger partial charge in [0.05, 0.1) is 5.56 Å². The van der Waals surface area contributed by atoms with Crippen molar-refractivity contribution >= 4 is 23.4 Å². The number of hydrogen-bond acceptors (Lipinski definition) is 3. The normalized spacial score (nSPS) is 17.3. The van der Waals surface area contributed by atoms with Gasteiger partial charge in [0.2, 0.25) is 5.91 Å². The van der Waals surface area contributed by atoms with Crippen LogP contribution in [0.4, 0.5) is 10.1 Å². The Bertz CT molecular complexity index is 1030. The van der Waals surface area contributed by atoms with Crippen molar-refractivity contribution in [3.63, 3.8) is 0 Å². The number of halogens is 1. The maximum Gasteiger partial charge on any atom is 0.258 e. The molecule has 0 atom stereocenters. The van der Waals surface area contributed by atoms with Gasteiger partial charge in [-0.25, -0.2) is 4.39 Å². The zero-order valence-corrected chi connectivity index (χ0v) is 19.4. The van der Waals surface area contributed by atoms with Crippen molar-refractivity contribution in [3.05, 3.63) is 65.5 Å². The first-order chi connectivity index (χ1) is 16.5. The third-order valence-corrected chi connectivity index (χ3v) is 6.93. The topological polar surface area (TPSA) is 78.5 Å². The molecule has 2 fully saturated rings. The minimum absolute atomic E-state index is 0.0527. The van der Waals surface area contributed by atoms with Gasteiger partial charge in [0.15, 0.2) is 0 Å². The summed E-state index contributed by atoms with van der Waals surface area (Å²) in [5.74, 6) is -0.649. The molecule has 7 heteroatoms. The molecule has 1 aliphatic heterocycles. The van der Waals surface area contributed by atoms with Gasteiger partial charge in [-0.15, -0.1) is 0 Å². The summed E-state index contributed by atoms with van der Waals surface area (Å²) in [6, 6.07) is 12.4. The van der Waals surface area contributed by atoms with Gasteiger partial charge in [-0.3, -0.25) is 14.4 Å². The van der Waals surface area contributed by atoms with E-state index in [0.29, 0.717) is 43.1 Å². The van der Waals surface area contributed by atoms with Crippen LogP contribution in [0.25, 0.3) is 0 Å². The van der Waals surface area contributed by atoms with Crippen LogP contribution in [0.15, 0.2) is 48.5 Å². The first kappa shape index (κ1) is 23.9. The van der Waals surface area contributed by atoms with Gasteiger partial charge >= 0.3 is 0 Å². The van der Waals surface area contributed by atoms with Gasteiger partial charge in [0, 0.05) is 36.8 Å². The molecule has 1 heterocycles. The Balaban J connectivity index is 1.28. The molecule has 180 valence electrons. The second-order valence-corrected chi connectivity index (χ2v) is 9.33. The third-order valence-electron chi connectivity index (χ3n) is 6.93. The predicted molar refractivity (Wildman–Crippen MR) is 129 cm³/mol. The minimum atomic E-state index is -0.599. The minimum Gasteiger partial charge on any atom is -0.356 e. The standard InChI is InChI=1S/C27H32FN3O3/c28-24-12-5-4-11-23(24)26(33)30-22-10-6-9-21(17-22)27(34)31-15-13-20(14-16-31)25(32)29-18-19-7-2-1-3-8-19/h4-6,9-12,17,19-20H,1-3,7-8,13-16,18H2,(H,29,32)(H,30,33). The van der Waals surface area contributed by atoms with E-state index in [1.165, 1.54) is 50.3 Å². The van der Waals surface area contributed by atoms with Crippen LogP contribution < -0.4 is 10.6 Å². The van der Waals surface area contributed by atoms with Crippen LogP contribution >= 0.6 is 0 Å². The number of carbonyl (C=O) groups excluding carboxylic acids is 3. The van der Waals surface area contributed by atoms with Crippen LogP contribution in [0.3, 0.4) is 0 Å². The molecule has 2 aromatic carbocycles. The Hall–Kier alpha value is -3.22. The summed E-state index contributed by atoms with van der Waals surface area (Å²) in [5, 5.41) is 5.79. The predicted octanol–water partition coefficient (Wildman–Crippen LogP) is 4.63. The largest absolute Gasteiger partial charge is 0.356 e. The molecule has 2 N–H and O–H groups in total. The van der Waals surface area contributed by atoms with Crippen LogP contribution in [0, 0.1) is 17.7 Å². The molecular formula is C27H32FN3O3. The highest BCUT2D eigenvalue weighted by Crippen LogP contribution is 2.24. The average Bonchev–Trinajstić information content (AvgIpc) is 2.88. The highest BCUT2D eigenvalue weighted by atomic mass is 19.1. The van der Waals surface area contributed by atoms with Gasteiger partial charge < -0.3 is 15.5 Å². The fraction of sp³-hybridized carbons (Fsp3) is 0.444. The SMILES string of the molecule is O=C(Nc1cccc(C(=O)N2CCC(C(=O)NCC3CCCCC3)CC2)c1)c1ccccc1F. The van der Waals surface area contributed by atoms with E-state index in [4.69, 9.17) is 0 Å². The number of carbonyl (C=O) groups is 3. The average molecular weight is 466 g/mol. The van der Waals surface area contributed by atoms with E-state index in [9.17, 15) is 18.8 Å². The number of anilines is 1. The summed E-state index contributed by atoms with van der Waals surface area (Å²) in [7, 11) is 0. The number of amides is 3. The fourth-order valence-corrected chi connectivity index (χ4v) is 4.88. The number of nitrogens with one attached hydrogen (secondary N) is 2. The van der Waals surface area contributed by atoms with Crippen molar-refractivity contribution in [1.82, 2.24) is 10.2 Å². The van der Waals surface area contributed by atoms with Crippen LogP contribution in [0.2, 0.25) is 0 Å². The lowest BCUT2D eigenvalue weighted by atomic mass is 9.89. The number of rotatable bonds is 6. The van der Waals surface area contributed by atoms with Gasteiger partial charge in [0.25, 0.3) is 11.8 Å². The van der Waals surface area contributed by atoms with Crippen LogP contribution in [-0.4, -0.2) is 42.3 Å². The molecule has 0 radical (unpaired) electrons. The number of nitrogens with zero attached hydrogens (tertiary/aromatic N) is 1. The second-order valence-electron chi connectivity index (χ2n) is 9.33. The Kier molecular flexibility index (Phi) is 7.93. The van der Waals surface area contributed by atoms with Crippen molar-refractivity contribution < 1.29 is 18.8 Å². The maximum absolute atomic E-state index is 13.9. The zero-order valence-electron chi connectivity index (χ0n) is 19.4. The van der Waals surface area contributed by atoms with E-state index < -0.39 is 11.7 Å². The first-order valence-corrected chi connectivity index (χ1v) is 12.2.